The maximum absolute atomic E-state index is 12.1. The van der Waals surface area contributed by atoms with Crippen LogP contribution in [0.25, 0.3) is 11.3 Å². The molecule has 3 rings (SSSR count). The van der Waals surface area contributed by atoms with Gasteiger partial charge in [-0.3, -0.25) is 9.78 Å². The second kappa shape index (κ2) is 7.35. The van der Waals surface area contributed by atoms with Gasteiger partial charge in [0.05, 0.1) is 17.3 Å². The van der Waals surface area contributed by atoms with Crippen molar-refractivity contribution in [3.63, 3.8) is 0 Å². The number of halogens is 3. The first kappa shape index (κ1) is 17.0. The van der Waals surface area contributed by atoms with Crippen molar-refractivity contribution in [2.45, 2.75) is 13.2 Å². The van der Waals surface area contributed by atoms with Crippen LogP contribution in [0.3, 0.4) is 0 Å². The highest BCUT2D eigenvalue weighted by Gasteiger charge is 2.08. The summed E-state index contributed by atoms with van der Waals surface area (Å²) in [6, 6.07) is 7.42. The Morgan fingerprint density at radius 3 is 2.68 bits per heavy atom. The molecular formula is C16H11ClF2N4O2. The summed E-state index contributed by atoms with van der Waals surface area (Å²) in [6.45, 7) is -2.75. The third kappa shape index (κ3) is 4.36. The fraction of sp³-hybridized carbons (Fsp3) is 0.125. The summed E-state index contributed by atoms with van der Waals surface area (Å²) >= 11 is 5.89. The van der Waals surface area contributed by atoms with Gasteiger partial charge in [-0.25, -0.2) is 9.67 Å². The highest BCUT2D eigenvalue weighted by atomic mass is 35.5. The molecule has 0 amide bonds. The molecule has 0 aliphatic rings. The second-order valence-electron chi connectivity index (χ2n) is 4.99. The summed E-state index contributed by atoms with van der Waals surface area (Å²) in [5, 5.41) is 4.72. The SMILES string of the molecule is O=c1ccc(-c2ccc(OC(F)F)nc2)nn1Cc1cncc(Cl)c1. The van der Waals surface area contributed by atoms with Crippen molar-refractivity contribution in [1.82, 2.24) is 19.7 Å². The molecule has 0 N–H and O–H groups in total. The smallest absolute Gasteiger partial charge is 0.388 e. The van der Waals surface area contributed by atoms with Crippen LogP contribution in [0.5, 0.6) is 5.88 Å². The van der Waals surface area contributed by atoms with Gasteiger partial charge in [-0.2, -0.15) is 13.9 Å². The van der Waals surface area contributed by atoms with E-state index >= 15 is 0 Å². The van der Waals surface area contributed by atoms with Gasteiger partial charge in [0.1, 0.15) is 0 Å². The normalized spacial score (nSPS) is 10.9. The minimum atomic E-state index is -2.94. The molecule has 25 heavy (non-hydrogen) atoms. The Bertz CT molecular complexity index is 932. The number of nitrogens with zero attached hydrogens (tertiary/aromatic N) is 4. The van der Waals surface area contributed by atoms with Gasteiger partial charge in [0.15, 0.2) is 0 Å². The van der Waals surface area contributed by atoms with E-state index in [9.17, 15) is 13.6 Å². The largest absolute Gasteiger partial charge is 0.417 e. The van der Waals surface area contributed by atoms with Crippen molar-refractivity contribution in [1.29, 1.82) is 0 Å². The van der Waals surface area contributed by atoms with Crippen molar-refractivity contribution in [3.05, 3.63) is 69.9 Å². The highest BCUT2D eigenvalue weighted by Crippen LogP contribution is 2.18. The highest BCUT2D eigenvalue weighted by molar-refractivity contribution is 6.30. The Morgan fingerprint density at radius 2 is 2.00 bits per heavy atom. The van der Waals surface area contributed by atoms with Crippen LogP contribution in [0.1, 0.15) is 5.56 Å². The summed E-state index contributed by atoms with van der Waals surface area (Å²) in [5.74, 6) is -0.197. The standard InChI is InChI=1S/C16H11ClF2N4O2/c17-12-5-10(6-20-8-12)9-23-15(24)4-2-13(22-23)11-1-3-14(21-7-11)25-16(18)19/h1-8,16H,9H2. The van der Waals surface area contributed by atoms with Gasteiger partial charge in [-0.1, -0.05) is 11.6 Å². The molecule has 0 aliphatic carbocycles. The Labute approximate surface area is 145 Å². The molecule has 0 unspecified atom stereocenters. The van der Waals surface area contributed by atoms with Crippen LogP contribution >= 0.6 is 11.6 Å². The lowest BCUT2D eigenvalue weighted by atomic mass is 10.2. The van der Waals surface area contributed by atoms with Gasteiger partial charge in [0, 0.05) is 36.3 Å². The molecular weight excluding hydrogens is 354 g/mol. The maximum atomic E-state index is 12.1. The molecule has 0 aromatic carbocycles. The maximum Gasteiger partial charge on any atom is 0.388 e. The molecule has 0 radical (unpaired) electrons. The van der Waals surface area contributed by atoms with Crippen LogP contribution in [-0.4, -0.2) is 26.4 Å². The molecule has 3 aromatic rings. The van der Waals surface area contributed by atoms with Crippen LogP contribution in [-0.2, 0) is 6.54 Å². The monoisotopic (exact) mass is 364 g/mol. The van der Waals surface area contributed by atoms with Crippen molar-refractivity contribution in [3.8, 4) is 17.1 Å². The van der Waals surface area contributed by atoms with Crippen molar-refractivity contribution in [2.24, 2.45) is 0 Å². The topological polar surface area (TPSA) is 69.9 Å². The third-order valence-electron chi connectivity index (χ3n) is 3.20. The van der Waals surface area contributed by atoms with Crippen molar-refractivity contribution in [2.75, 3.05) is 0 Å². The molecule has 0 fully saturated rings. The van der Waals surface area contributed by atoms with E-state index in [0.717, 1.165) is 5.56 Å². The van der Waals surface area contributed by atoms with Crippen molar-refractivity contribution >= 4 is 11.6 Å². The summed E-state index contributed by atoms with van der Waals surface area (Å²) in [7, 11) is 0. The molecule has 0 spiro atoms. The predicted molar refractivity (Wildman–Crippen MR) is 86.7 cm³/mol. The molecule has 0 saturated heterocycles. The number of hydrogen-bond acceptors (Lipinski definition) is 5. The van der Waals surface area contributed by atoms with Crippen molar-refractivity contribution < 1.29 is 13.5 Å². The zero-order valence-electron chi connectivity index (χ0n) is 12.6. The molecule has 0 saturated carbocycles. The molecule has 128 valence electrons. The van der Waals surface area contributed by atoms with Gasteiger partial charge in [0.2, 0.25) is 5.88 Å². The van der Waals surface area contributed by atoms with Crippen LogP contribution in [0.4, 0.5) is 8.78 Å². The van der Waals surface area contributed by atoms with Crippen LogP contribution in [0.15, 0.2) is 53.7 Å². The summed E-state index contributed by atoms with van der Waals surface area (Å²) in [5.41, 5.74) is 1.44. The molecule has 0 bridgehead atoms. The molecule has 0 aliphatic heterocycles. The Kier molecular flexibility index (Phi) is 4.99. The Balaban J connectivity index is 1.87. The lowest BCUT2D eigenvalue weighted by Gasteiger charge is -2.08. The van der Waals surface area contributed by atoms with E-state index in [1.807, 2.05) is 0 Å². The molecule has 3 heterocycles. The predicted octanol–water partition coefficient (Wildman–Crippen LogP) is 3.00. The Hall–Kier alpha value is -2.87. The van der Waals surface area contributed by atoms with E-state index in [2.05, 4.69) is 19.8 Å². The molecule has 6 nitrogen and oxygen atoms in total. The fourth-order valence-corrected chi connectivity index (χ4v) is 2.32. The number of ether oxygens (including phenoxy) is 1. The van der Waals surface area contributed by atoms with Gasteiger partial charge >= 0.3 is 6.61 Å². The van der Waals surface area contributed by atoms with Gasteiger partial charge in [-0.15, -0.1) is 0 Å². The van der Waals surface area contributed by atoms with Gasteiger partial charge in [0.25, 0.3) is 5.56 Å². The lowest BCUT2D eigenvalue weighted by Crippen LogP contribution is -2.22. The first-order chi connectivity index (χ1) is 12.0. The van der Waals surface area contributed by atoms with E-state index in [1.54, 1.807) is 12.3 Å². The van der Waals surface area contributed by atoms with E-state index in [4.69, 9.17) is 11.6 Å². The zero-order valence-corrected chi connectivity index (χ0v) is 13.4. The average Bonchev–Trinajstić information content (AvgIpc) is 2.57. The first-order valence-electron chi connectivity index (χ1n) is 7.10. The van der Waals surface area contributed by atoms with Crippen LogP contribution in [0.2, 0.25) is 5.02 Å². The number of pyridine rings is 2. The number of hydrogen-bond donors (Lipinski definition) is 0. The zero-order chi connectivity index (χ0) is 17.8. The summed E-state index contributed by atoms with van der Waals surface area (Å²) in [6.07, 6.45) is 4.42. The molecule has 0 atom stereocenters. The van der Waals surface area contributed by atoms with Gasteiger partial charge < -0.3 is 4.74 Å². The lowest BCUT2D eigenvalue weighted by molar-refractivity contribution is -0.0528. The second-order valence-corrected chi connectivity index (χ2v) is 5.43. The fourth-order valence-electron chi connectivity index (χ4n) is 2.12. The van der Waals surface area contributed by atoms with E-state index in [-0.39, 0.29) is 18.0 Å². The summed E-state index contributed by atoms with van der Waals surface area (Å²) < 4.78 is 29.8. The third-order valence-corrected chi connectivity index (χ3v) is 3.41. The minimum Gasteiger partial charge on any atom is -0.417 e. The molecule has 3 aromatic heterocycles. The van der Waals surface area contributed by atoms with E-state index in [1.165, 1.54) is 41.3 Å². The van der Waals surface area contributed by atoms with E-state index < -0.39 is 6.61 Å². The Morgan fingerprint density at radius 1 is 1.16 bits per heavy atom. The van der Waals surface area contributed by atoms with Crippen LogP contribution in [0, 0.1) is 0 Å². The first-order valence-corrected chi connectivity index (χ1v) is 7.48. The quantitative estimate of drug-likeness (QED) is 0.696. The van der Waals surface area contributed by atoms with Gasteiger partial charge in [-0.05, 0) is 23.8 Å². The number of rotatable bonds is 5. The number of alkyl halides is 2. The molecule has 9 heteroatoms. The van der Waals surface area contributed by atoms with E-state index in [0.29, 0.717) is 16.3 Å². The minimum absolute atomic E-state index is 0.195. The average molecular weight is 365 g/mol. The summed E-state index contributed by atoms with van der Waals surface area (Å²) in [4.78, 5) is 19.7. The van der Waals surface area contributed by atoms with Crippen LogP contribution < -0.4 is 10.3 Å². The number of aromatic nitrogens is 4.